The zero-order chi connectivity index (χ0) is 20.0. The van der Waals surface area contributed by atoms with E-state index in [9.17, 15) is 0 Å². The molecule has 0 radical (unpaired) electrons. The van der Waals surface area contributed by atoms with Gasteiger partial charge in [-0.15, -0.1) is 0 Å². The molecule has 1 aromatic carbocycles. The van der Waals surface area contributed by atoms with Gasteiger partial charge in [-0.1, -0.05) is 46.7 Å². The number of fused-ring (bicyclic) bond motifs is 1. The Morgan fingerprint density at radius 1 is 1.21 bits per heavy atom. The van der Waals surface area contributed by atoms with Crippen LogP contribution in [0.2, 0.25) is 0 Å². The van der Waals surface area contributed by atoms with E-state index in [2.05, 4.69) is 76.1 Å². The Hall–Kier alpha value is -2.05. The lowest BCUT2D eigenvalue weighted by molar-refractivity contribution is 0.226. The van der Waals surface area contributed by atoms with E-state index in [-0.39, 0.29) is 12.1 Å². The fourth-order valence-electron chi connectivity index (χ4n) is 4.14. The molecule has 0 amide bonds. The molecule has 0 spiro atoms. The number of aryl methyl sites for hydroxylation is 1. The van der Waals surface area contributed by atoms with Crippen LogP contribution in [0.1, 0.15) is 42.4 Å². The number of pyridine rings is 1. The number of halogens is 1. The lowest BCUT2D eigenvalue weighted by Gasteiger charge is -2.30. The van der Waals surface area contributed by atoms with Crippen molar-refractivity contribution in [1.82, 2.24) is 9.88 Å². The minimum absolute atomic E-state index is 0.0397. The highest BCUT2D eigenvalue weighted by molar-refractivity contribution is 9.10. The molecule has 2 aliphatic heterocycles. The third-order valence-electron chi connectivity index (χ3n) is 5.64. The average Bonchev–Trinajstić information content (AvgIpc) is 3.43. The first-order valence-electron chi connectivity index (χ1n) is 9.92. The molecule has 2 aromatic heterocycles. The number of nitrogens with zero attached hydrogens (tertiary/aromatic N) is 3. The number of amidine groups is 1. The van der Waals surface area contributed by atoms with Crippen LogP contribution in [0.3, 0.4) is 0 Å². The summed E-state index contributed by atoms with van der Waals surface area (Å²) in [7, 11) is 0. The van der Waals surface area contributed by atoms with Gasteiger partial charge in [-0.25, -0.2) is 4.99 Å². The monoisotopic (exact) mass is 467 g/mol. The van der Waals surface area contributed by atoms with E-state index in [0.29, 0.717) is 6.04 Å². The van der Waals surface area contributed by atoms with E-state index in [1.165, 1.54) is 5.56 Å². The third kappa shape index (κ3) is 3.32. The van der Waals surface area contributed by atoms with Crippen molar-refractivity contribution < 1.29 is 4.42 Å². The predicted molar refractivity (Wildman–Crippen MR) is 122 cm³/mol. The summed E-state index contributed by atoms with van der Waals surface area (Å²) >= 11 is 5.53. The van der Waals surface area contributed by atoms with E-state index < -0.39 is 0 Å². The minimum Gasteiger partial charge on any atom is -0.459 e. The lowest BCUT2D eigenvalue weighted by Crippen LogP contribution is -2.35. The van der Waals surface area contributed by atoms with Gasteiger partial charge in [0.1, 0.15) is 23.6 Å². The summed E-state index contributed by atoms with van der Waals surface area (Å²) in [6.45, 7) is 4.34. The van der Waals surface area contributed by atoms with Crippen LogP contribution in [-0.2, 0) is 0 Å². The van der Waals surface area contributed by atoms with Gasteiger partial charge in [-0.3, -0.25) is 4.98 Å². The standard InChI is InChI=1S/C23H22BrN3OS/c1-3-15-13-29-23-26-21(18-6-4-5-11-25-18)22(27(15)23)20-10-9-19(28-20)16-8-7-14(2)12-17(16)24/h4-12,15,21-22H,3,13H2,1-2H3/t15-,21+,22+/m0/s1. The van der Waals surface area contributed by atoms with Crippen molar-refractivity contribution in [2.24, 2.45) is 4.99 Å². The Morgan fingerprint density at radius 3 is 2.86 bits per heavy atom. The third-order valence-corrected chi connectivity index (χ3v) is 7.42. The second-order valence-corrected chi connectivity index (χ2v) is 9.36. The normalized spacial score (nSPS) is 23.3. The Kier molecular flexibility index (Phi) is 5.00. The van der Waals surface area contributed by atoms with E-state index in [1.807, 2.05) is 30.1 Å². The maximum absolute atomic E-state index is 6.45. The molecule has 0 N–H and O–H groups in total. The number of hydrogen-bond donors (Lipinski definition) is 0. The van der Waals surface area contributed by atoms with Crippen LogP contribution in [0.4, 0.5) is 0 Å². The van der Waals surface area contributed by atoms with Gasteiger partial charge in [0.2, 0.25) is 0 Å². The van der Waals surface area contributed by atoms with Crippen LogP contribution in [0.15, 0.2) is 68.6 Å². The summed E-state index contributed by atoms with van der Waals surface area (Å²) in [5.41, 5.74) is 3.28. The first-order valence-corrected chi connectivity index (χ1v) is 11.7. The summed E-state index contributed by atoms with van der Waals surface area (Å²) in [4.78, 5) is 12.1. The van der Waals surface area contributed by atoms with Gasteiger partial charge in [0.15, 0.2) is 5.17 Å². The highest BCUT2D eigenvalue weighted by Crippen LogP contribution is 2.49. The fraction of sp³-hybridized carbons (Fsp3) is 0.304. The molecule has 3 atom stereocenters. The summed E-state index contributed by atoms with van der Waals surface area (Å²) in [6.07, 6.45) is 2.94. The Labute approximate surface area is 183 Å². The SMILES string of the molecule is CC[C@H]1CSC2=N[C@H](c3ccccn3)[C@@H](c3ccc(-c4ccc(C)cc4Br)o3)N21. The summed E-state index contributed by atoms with van der Waals surface area (Å²) in [6, 6.07) is 17.0. The Balaban J connectivity index is 1.56. The summed E-state index contributed by atoms with van der Waals surface area (Å²) in [5, 5.41) is 1.12. The molecule has 3 aromatic rings. The minimum atomic E-state index is -0.0477. The van der Waals surface area contributed by atoms with Crippen molar-refractivity contribution in [3.63, 3.8) is 0 Å². The lowest BCUT2D eigenvalue weighted by atomic mass is 10.0. The average molecular weight is 468 g/mol. The molecule has 148 valence electrons. The predicted octanol–water partition coefficient (Wildman–Crippen LogP) is 6.39. The van der Waals surface area contributed by atoms with Crippen LogP contribution in [0.5, 0.6) is 0 Å². The number of aliphatic imine (C=N–C) groups is 1. The smallest absolute Gasteiger partial charge is 0.161 e. The molecule has 1 fully saturated rings. The van der Waals surface area contributed by atoms with Gasteiger partial charge in [-0.05, 0) is 55.3 Å². The van der Waals surface area contributed by atoms with Gasteiger partial charge in [0.25, 0.3) is 0 Å². The molecular weight excluding hydrogens is 446 g/mol. The van der Waals surface area contributed by atoms with Gasteiger partial charge < -0.3 is 9.32 Å². The van der Waals surface area contributed by atoms with E-state index in [0.717, 1.165) is 44.6 Å². The molecule has 2 aliphatic rings. The van der Waals surface area contributed by atoms with E-state index in [1.54, 1.807) is 0 Å². The number of aromatic nitrogens is 1. The zero-order valence-electron chi connectivity index (χ0n) is 16.4. The number of rotatable bonds is 4. The maximum Gasteiger partial charge on any atom is 0.161 e. The fourth-order valence-corrected chi connectivity index (χ4v) is 6.16. The molecular formula is C23H22BrN3OS. The highest BCUT2D eigenvalue weighted by Gasteiger charge is 2.46. The first kappa shape index (κ1) is 18.9. The number of hydrogen-bond acceptors (Lipinski definition) is 5. The van der Waals surface area contributed by atoms with Gasteiger partial charge >= 0.3 is 0 Å². The molecule has 4 nitrogen and oxygen atoms in total. The van der Waals surface area contributed by atoms with Crippen molar-refractivity contribution in [1.29, 1.82) is 0 Å². The van der Waals surface area contributed by atoms with E-state index in [4.69, 9.17) is 9.41 Å². The van der Waals surface area contributed by atoms with Gasteiger partial charge in [-0.2, -0.15) is 0 Å². The summed E-state index contributed by atoms with van der Waals surface area (Å²) in [5.74, 6) is 2.90. The van der Waals surface area contributed by atoms with Crippen LogP contribution in [0.25, 0.3) is 11.3 Å². The molecule has 0 aliphatic carbocycles. The topological polar surface area (TPSA) is 41.6 Å². The zero-order valence-corrected chi connectivity index (χ0v) is 18.8. The van der Waals surface area contributed by atoms with Crippen LogP contribution in [-0.4, -0.2) is 26.8 Å². The molecule has 5 rings (SSSR count). The van der Waals surface area contributed by atoms with Crippen molar-refractivity contribution in [2.75, 3.05) is 5.75 Å². The first-order chi connectivity index (χ1) is 14.2. The van der Waals surface area contributed by atoms with Gasteiger partial charge in [0.05, 0.1) is 5.69 Å². The van der Waals surface area contributed by atoms with Gasteiger partial charge in [0, 0.05) is 28.0 Å². The van der Waals surface area contributed by atoms with Crippen molar-refractivity contribution in [3.8, 4) is 11.3 Å². The molecule has 1 saturated heterocycles. The Bertz CT molecular complexity index is 1060. The van der Waals surface area contributed by atoms with Crippen LogP contribution >= 0.6 is 27.7 Å². The Morgan fingerprint density at radius 2 is 2.10 bits per heavy atom. The van der Waals surface area contributed by atoms with Crippen LogP contribution in [0, 0.1) is 6.92 Å². The number of thioether (sulfide) groups is 1. The largest absolute Gasteiger partial charge is 0.459 e. The molecule has 0 unspecified atom stereocenters. The van der Waals surface area contributed by atoms with Crippen molar-refractivity contribution in [2.45, 2.75) is 38.4 Å². The second-order valence-electron chi connectivity index (χ2n) is 7.52. The number of furan rings is 1. The van der Waals surface area contributed by atoms with E-state index >= 15 is 0 Å². The molecule has 0 bridgehead atoms. The quantitative estimate of drug-likeness (QED) is 0.445. The maximum atomic E-state index is 6.45. The van der Waals surface area contributed by atoms with Crippen LogP contribution < -0.4 is 0 Å². The van der Waals surface area contributed by atoms with Crippen molar-refractivity contribution in [3.05, 3.63) is 76.2 Å². The summed E-state index contributed by atoms with van der Waals surface area (Å²) < 4.78 is 7.49. The molecule has 6 heteroatoms. The molecule has 0 saturated carbocycles. The molecule has 29 heavy (non-hydrogen) atoms. The second kappa shape index (κ2) is 7.65. The number of benzene rings is 1. The van der Waals surface area contributed by atoms with Crippen molar-refractivity contribution >= 4 is 32.9 Å². The highest BCUT2D eigenvalue weighted by atomic mass is 79.9. The molecule has 4 heterocycles.